The maximum atomic E-state index is 13.3. The van der Waals surface area contributed by atoms with Crippen LogP contribution < -0.4 is 9.46 Å². The highest BCUT2D eigenvalue weighted by molar-refractivity contribution is 7.92. The summed E-state index contributed by atoms with van der Waals surface area (Å²) in [6.07, 6.45) is -15.7. The molecule has 2 N–H and O–H groups in total. The van der Waals surface area contributed by atoms with Crippen LogP contribution in [0, 0.1) is 0 Å². The largest absolute Gasteiger partial charge is 0.455 e. The molecule has 0 aromatic heterocycles. The highest BCUT2D eigenvalue weighted by atomic mass is 32.2. The number of hydrogen-bond donors (Lipinski definition) is 2. The lowest BCUT2D eigenvalue weighted by molar-refractivity contribution is -0.143. The first-order valence-electron chi connectivity index (χ1n) is 9.82. The number of benzene rings is 3. The van der Waals surface area contributed by atoms with Gasteiger partial charge >= 0.3 is 18.5 Å². The number of aliphatic hydroxyl groups excluding tert-OH is 1. The van der Waals surface area contributed by atoms with Gasteiger partial charge in [-0.05, 0) is 42.5 Å². The van der Waals surface area contributed by atoms with E-state index in [1.807, 2.05) is 0 Å². The zero-order valence-corrected chi connectivity index (χ0v) is 18.8. The van der Waals surface area contributed by atoms with E-state index in [9.17, 15) is 53.0 Å². The molecule has 0 radical (unpaired) electrons. The molecular weight excluding hydrogens is 545 g/mol. The zero-order valence-electron chi connectivity index (χ0n) is 18.0. The molecule has 0 saturated heterocycles. The normalized spacial score (nSPS) is 12.9. The predicted molar refractivity (Wildman–Crippen MR) is 111 cm³/mol. The molecule has 3 aromatic rings. The van der Waals surface area contributed by atoms with Gasteiger partial charge in [0.2, 0.25) is 0 Å². The lowest BCUT2D eigenvalue weighted by atomic mass is 10.1. The minimum atomic E-state index is -5.37. The molecule has 0 bridgehead atoms. The van der Waals surface area contributed by atoms with Gasteiger partial charge in [-0.25, -0.2) is 8.42 Å². The summed E-state index contributed by atoms with van der Waals surface area (Å²) >= 11 is 0. The topological polar surface area (TPSA) is 75.6 Å². The molecule has 0 saturated carbocycles. The highest BCUT2D eigenvalue weighted by Crippen LogP contribution is 2.40. The van der Waals surface area contributed by atoms with Gasteiger partial charge in [0.15, 0.2) is 5.75 Å². The molecule has 0 aliphatic heterocycles. The summed E-state index contributed by atoms with van der Waals surface area (Å²) in [6, 6.07) is 6.55. The molecule has 0 atom stereocenters. The molecule has 0 aliphatic rings. The van der Waals surface area contributed by atoms with Gasteiger partial charge in [0.1, 0.15) is 5.75 Å². The SMILES string of the molecule is O=S(=O)(Nc1cc(C(F)(F)F)ccc1Oc1ccccc1CO)c1cc(C(F)(F)F)cc(C(F)(F)F)c1. The lowest BCUT2D eigenvalue weighted by Gasteiger charge is -2.18. The van der Waals surface area contributed by atoms with Crippen LogP contribution in [-0.2, 0) is 35.2 Å². The molecule has 3 aromatic carbocycles. The minimum Gasteiger partial charge on any atom is -0.455 e. The van der Waals surface area contributed by atoms with Crippen molar-refractivity contribution < 1.29 is 57.8 Å². The van der Waals surface area contributed by atoms with E-state index >= 15 is 0 Å². The van der Waals surface area contributed by atoms with Crippen LogP contribution in [0.5, 0.6) is 11.5 Å². The van der Waals surface area contributed by atoms with Crippen molar-refractivity contribution in [1.82, 2.24) is 0 Å². The van der Waals surface area contributed by atoms with E-state index in [2.05, 4.69) is 0 Å². The van der Waals surface area contributed by atoms with E-state index in [-0.39, 0.29) is 35.6 Å². The Bertz CT molecular complexity index is 1370. The molecule has 0 spiro atoms. The number of halogens is 9. The molecule has 3 rings (SSSR count). The van der Waals surface area contributed by atoms with Gasteiger partial charge in [-0.1, -0.05) is 18.2 Å². The fourth-order valence-electron chi connectivity index (χ4n) is 3.01. The summed E-state index contributed by atoms with van der Waals surface area (Å²) in [4.78, 5) is -1.51. The fraction of sp³-hybridized carbons (Fsp3) is 0.182. The fourth-order valence-corrected chi connectivity index (χ4v) is 4.14. The summed E-state index contributed by atoms with van der Waals surface area (Å²) in [5.41, 5.74) is -6.08. The number of hydrogen-bond acceptors (Lipinski definition) is 4. The Kier molecular flexibility index (Phi) is 7.43. The second-order valence-electron chi connectivity index (χ2n) is 7.42. The van der Waals surface area contributed by atoms with Crippen molar-refractivity contribution in [2.45, 2.75) is 30.0 Å². The molecule has 5 nitrogen and oxygen atoms in total. The predicted octanol–water partition coefficient (Wildman–Crippen LogP) is 6.83. The van der Waals surface area contributed by atoms with Crippen molar-refractivity contribution in [1.29, 1.82) is 0 Å². The van der Waals surface area contributed by atoms with E-state index in [1.54, 1.807) is 4.72 Å². The van der Waals surface area contributed by atoms with Gasteiger partial charge in [-0.3, -0.25) is 4.72 Å². The van der Waals surface area contributed by atoms with Crippen LogP contribution in [0.1, 0.15) is 22.3 Å². The second kappa shape index (κ2) is 9.78. The Balaban J connectivity index is 2.15. The molecule has 0 amide bonds. The molecular formula is C22H14F9NO4S. The van der Waals surface area contributed by atoms with Crippen molar-refractivity contribution in [2.75, 3.05) is 4.72 Å². The maximum Gasteiger partial charge on any atom is 0.416 e. The van der Waals surface area contributed by atoms with Crippen molar-refractivity contribution in [3.63, 3.8) is 0 Å². The number of alkyl halides is 9. The summed E-state index contributed by atoms with van der Waals surface area (Å²) in [7, 11) is -5.32. The Hall–Kier alpha value is -3.46. The number of para-hydroxylation sites is 1. The van der Waals surface area contributed by atoms with Crippen molar-refractivity contribution in [3.8, 4) is 11.5 Å². The number of ether oxygens (including phenoxy) is 1. The smallest absolute Gasteiger partial charge is 0.416 e. The number of rotatable bonds is 6. The van der Waals surface area contributed by atoms with Gasteiger partial charge < -0.3 is 9.84 Å². The first-order chi connectivity index (χ1) is 16.9. The van der Waals surface area contributed by atoms with Crippen LogP contribution in [0.3, 0.4) is 0 Å². The van der Waals surface area contributed by atoms with E-state index in [0.29, 0.717) is 12.1 Å². The summed E-state index contributed by atoms with van der Waals surface area (Å²) in [6.45, 7) is -0.581. The standard InChI is InChI=1S/C22H14F9NO4S/c23-20(24,25)13-5-6-19(36-18-4-2-1-3-12(18)11-33)17(10-13)32-37(34,35)16-8-14(21(26,27)28)7-15(9-16)22(29,30)31/h1-10,32-33H,11H2. The lowest BCUT2D eigenvalue weighted by Crippen LogP contribution is -2.18. The van der Waals surface area contributed by atoms with Crippen molar-refractivity contribution >= 4 is 15.7 Å². The molecule has 15 heteroatoms. The van der Waals surface area contributed by atoms with Crippen molar-refractivity contribution in [3.05, 3.63) is 82.9 Å². The van der Waals surface area contributed by atoms with Crippen LogP contribution in [0.15, 0.2) is 65.6 Å². The monoisotopic (exact) mass is 559 g/mol. The molecule has 37 heavy (non-hydrogen) atoms. The van der Waals surface area contributed by atoms with Gasteiger partial charge in [-0.15, -0.1) is 0 Å². The average molecular weight is 559 g/mol. The van der Waals surface area contributed by atoms with Crippen LogP contribution in [0.4, 0.5) is 45.2 Å². The molecule has 200 valence electrons. The Morgan fingerprint density at radius 3 is 1.76 bits per heavy atom. The van der Waals surface area contributed by atoms with Crippen LogP contribution in [0.2, 0.25) is 0 Å². The quantitative estimate of drug-likeness (QED) is 0.325. The second-order valence-corrected chi connectivity index (χ2v) is 9.11. The first-order valence-corrected chi connectivity index (χ1v) is 11.3. The van der Waals surface area contributed by atoms with Gasteiger partial charge in [0.05, 0.1) is 33.9 Å². The third kappa shape index (κ3) is 6.65. The molecule has 0 unspecified atom stereocenters. The van der Waals surface area contributed by atoms with Crippen molar-refractivity contribution in [2.24, 2.45) is 0 Å². The Morgan fingerprint density at radius 1 is 0.703 bits per heavy atom. The number of aliphatic hydroxyl groups is 1. The number of anilines is 1. The van der Waals surface area contributed by atoms with Crippen LogP contribution in [0.25, 0.3) is 0 Å². The zero-order chi connectivity index (χ0) is 27.8. The molecule has 0 fully saturated rings. The third-order valence-corrected chi connectivity index (χ3v) is 6.13. The van der Waals surface area contributed by atoms with E-state index < -0.39 is 68.2 Å². The number of sulfonamides is 1. The highest BCUT2D eigenvalue weighted by Gasteiger charge is 2.39. The Morgan fingerprint density at radius 2 is 1.24 bits per heavy atom. The number of nitrogens with one attached hydrogen (secondary N) is 1. The van der Waals surface area contributed by atoms with Gasteiger partial charge in [0, 0.05) is 5.56 Å². The van der Waals surface area contributed by atoms with E-state index in [1.165, 1.54) is 24.3 Å². The summed E-state index contributed by atoms with van der Waals surface area (Å²) in [5.74, 6) is -0.691. The van der Waals surface area contributed by atoms with Gasteiger partial charge in [0.25, 0.3) is 10.0 Å². The molecule has 0 heterocycles. The van der Waals surface area contributed by atoms with Gasteiger partial charge in [-0.2, -0.15) is 39.5 Å². The van der Waals surface area contributed by atoms with E-state index in [0.717, 1.165) is 0 Å². The van der Waals surface area contributed by atoms with E-state index in [4.69, 9.17) is 4.74 Å². The minimum absolute atomic E-state index is 0.0905. The molecule has 0 aliphatic carbocycles. The first kappa shape index (κ1) is 28.1. The summed E-state index contributed by atoms with van der Waals surface area (Å²) < 4.78 is 151. The summed E-state index contributed by atoms with van der Waals surface area (Å²) in [5, 5.41) is 9.41. The average Bonchev–Trinajstić information content (AvgIpc) is 2.78. The third-order valence-electron chi connectivity index (χ3n) is 4.79. The Labute approximate surface area is 203 Å². The van der Waals surface area contributed by atoms with Crippen LogP contribution in [-0.4, -0.2) is 13.5 Å². The maximum absolute atomic E-state index is 13.3. The van der Waals surface area contributed by atoms with Crippen LogP contribution >= 0.6 is 0 Å².